The highest BCUT2D eigenvalue weighted by atomic mass is 19.2. The number of benzene rings is 1. The SMILES string of the molecule is CC1OCCC1C(Cc1ccc(F)c(F)c1)NN. The summed E-state index contributed by atoms with van der Waals surface area (Å²) in [6, 6.07) is 3.96. The van der Waals surface area contributed by atoms with E-state index in [9.17, 15) is 8.78 Å². The van der Waals surface area contributed by atoms with Crippen molar-refractivity contribution in [3.05, 3.63) is 35.4 Å². The van der Waals surface area contributed by atoms with Crippen LogP contribution in [0.3, 0.4) is 0 Å². The lowest BCUT2D eigenvalue weighted by Crippen LogP contribution is -2.44. The minimum atomic E-state index is -0.825. The molecule has 0 spiro atoms. The molecule has 18 heavy (non-hydrogen) atoms. The van der Waals surface area contributed by atoms with E-state index in [2.05, 4.69) is 5.43 Å². The fraction of sp³-hybridized carbons (Fsp3) is 0.538. The molecule has 1 aliphatic heterocycles. The Morgan fingerprint density at radius 1 is 1.44 bits per heavy atom. The van der Waals surface area contributed by atoms with Crippen molar-refractivity contribution in [3.8, 4) is 0 Å². The third kappa shape index (κ3) is 2.85. The molecule has 1 saturated heterocycles. The van der Waals surface area contributed by atoms with Gasteiger partial charge in [0.15, 0.2) is 11.6 Å². The molecule has 1 fully saturated rings. The monoisotopic (exact) mass is 256 g/mol. The number of nitrogens with two attached hydrogens (primary N) is 1. The van der Waals surface area contributed by atoms with Gasteiger partial charge in [0.25, 0.3) is 0 Å². The van der Waals surface area contributed by atoms with Gasteiger partial charge in [-0.3, -0.25) is 11.3 Å². The van der Waals surface area contributed by atoms with E-state index in [1.54, 1.807) is 6.07 Å². The molecule has 0 saturated carbocycles. The third-order valence-corrected chi connectivity index (χ3v) is 3.61. The first-order valence-corrected chi connectivity index (χ1v) is 6.13. The van der Waals surface area contributed by atoms with Gasteiger partial charge in [-0.15, -0.1) is 0 Å². The maximum absolute atomic E-state index is 13.1. The summed E-state index contributed by atoms with van der Waals surface area (Å²) in [5, 5.41) is 0. The van der Waals surface area contributed by atoms with Crippen molar-refractivity contribution in [1.82, 2.24) is 5.43 Å². The number of hydrogen-bond donors (Lipinski definition) is 2. The molecule has 1 heterocycles. The Morgan fingerprint density at radius 2 is 2.22 bits per heavy atom. The molecule has 0 aromatic heterocycles. The number of ether oxygens (including phenoxy) is 1. The van der Waals surface area contributed by atoms with Gasteiger partial charge in [0.2, 0.25) is 0 Å². The summed E-state index contributed by atoms with van der Waals surface area (Å²) in [6.45, 7) is 2.73. The smallest absolute Gasteiger partial charge is 0.159 e. The first-order chi connectivity index (χ1) is 8.61. The third-order valence-electron chi connectivity index (χ3n) is 3.61. The highest BCUT2D eigenvalue weighted by molar-refractivity contribution is 5.19. The molecule has 3 N–H and O–H groups in total. The van der Waals surface area contributed by atoms with Gasteiger partial charge in [0, 0.05) is 18.6 Å². The molecule has 0 bridgehead atoms. The van der Waals surface area contributed by atoms with Gasteiger partial charge in [-0.25, -0.2) is 8.78 Å². The number of nitrogens with one attached hydrogen (secondary N) is 1. The lowest BCUT2D eigenvalue weighted by atomic mass is 9.89. The molecule has 3 atom stereocenters. The van der Waals surface area contributed by atoms with Crippen molar-refractivity contribution < 1.29 is 13.5 Å². The Balaban J connectivity index is 2.07. The van der Waals surface area contributed by atoms with E-state index in [-0.39, 0.29) is 12.1 Å². The van der Waals surface area contributed by atoms with E-state index in [1.807, 2.05) is 6.92 Å². The van der Waals surface area contributed by atoms with Crippen LogP contribution in [0.15, 0.2) is 18.2 Å². The zero-order valence-corrected chi connectivity index (χ0v) is 10.3. The van der Waals surface area contributed by atoms with Crippen molar-refractivity contribution in [2.75, 3.05) is 6.61 Å². The summed E-state index contributed by atoms with van der Waals surface area (Å²) < 4.78 is 31.5. The highest BCUT2D eigenvalue weighted by Crippen LogP contribution is 2.25. The molecule has 2 rings (SSSR count). The Hall–Kier alpha value is -1.04. The van der Waals surface area contributed by atoms with Crippen molar-refractivity contribution in [2.24, 2.45) is 11.8 Å². The second-order valence-corrected chi connectivity index (χ2v) is 4.75. The number of halogens is 2. The van der Waals surface area contributed by atoms with Crippen LogP contribution in [-0.4, -0.2) is 18.8 Å². The summed E-state index contributed by atoms with van der Waals surface area (Å²) >= 11 is 0. The molecule has 1 aliphatic rings. The molecule has 5 heteroatoms. The molecule has 0 aliphatic carbocycles. The van der Waals surface area contributed by atoms with Crippen LogP contribution in [-0.2, 0) is 11.2 Å². The summed E-state index contributed by atoms with van der Waals surface area (Å²) in [4.78, 5) is 0. The van der Waals surface area contributed by atoms with E-state index < -0.39 is 11.6 Å². The van der Waals surface area contributed by atoms with Crippen molar-refractivity contribution in [1.29, 1.82) is 0 Å². The lowest BCUT2D eigenvalue weighted by molar-refractivity contribution is 0.0954. The Labute approximate surface area is 105 Å². The van der Waals surface area contributed by atoms with Gasteiger partial charge in [-0.05, 0) is 37.5 Å². The molecule has 3 nitrogen and oxygen atoms in total. The molecular formula is C13H18F2N2O. The zero-order chi connectivity index (χ0) is 13.1. The second-order valence-electron chi connectivity index (χ2n) is 4.75. The van der Waals surface area contributed by atoms with Crippen molar-refractivity contribution in [2.45, 2.75) is 31.9 Å². The van der Waals surface area contributed by atoms with E-state index >= 15 is 0 Å². The first-order valence-electron chi connectivity index (χ1n) is 6.13. The lowest BCUT2D eigenvalue weighted by Gasteiger charge is -2.25. The second kappa shape index (κ2) is 5.73. The van der Waals surface area contributed by atoms with Crippen molar-refractivity contribution in [3.63, 3.8) is 0 Å². The van der Waals surface area contributed by atoms with Crippen LogP contribution in [0.5, 0.6) is 0 Å². The highest BCUT2D eigenvalue weighted by Gasteiger charge is 2.31. The maximum atomic E-state index is 13.1. The standard InChI is InChI=1S/C13H18F2N2O/c1-8-10(4-5-18-8)13(17-16)7-9-2-3-11(14)12(15)6-9/h2-3,6,8,10,13,17H,4-5,7,16H2,1H3. The fourth-order valence-corrected chi connectivity index (χ4v) is 2.53. The molecule has 0 amide bonds. The summed E-state index contributed by atoms with van der Waals surface area (Å²) in [6.07, 6.45) is 1.63. The van der Waals surface area contributed by atoms with Gasteiger partial charge < -0.3 is 4.74 Å². The normalized spacial score (nSPS) is 25.3. The largest absolute Gasteiger partial charge is 0.378 e. The van der Waals surface area contributed by atoms with Crippen LogP contribution in [0.25, 0.3) is 0 Å². The predicted octanol–water partition coefficient (Wildman–Crippen LogP) is 1.76. The summed E-state index contributed by atoms with van der Waals surface area (Å²) in [5.74, 6) is 4.21. The van der Waals surface area contributed by atoms with E-state index in [4.69, 9.17) is 10.6 Å². The number of hydrazine groups is 1. The first kappa shape index (κ1) is 13.4. The summed E-state index contributed by atoms with van der Waals surface area (Å²) in [7, 11) is 0. The van der Waals surface area contributed by atoms with Crippen LogP contribution in [0, 0.1) is 17.6 Å². The molecule has 1 aromatic carbocycles. The van der Waals surface area contributed by atoms with Crippen LogP contribution >= 0.6 is 0 Å². The quantitative estimate of drug-likeness (QED) is 0.637. The molecule has 100 valence electrons. The average Bonchev–Trinajstić information content (AvgIpc) is 2.77. The predicted molar refractivity (Wildman–Crippen MR) is 64.7 cm³/mol. The number of hydrogen-bond acceptors (Lipinski definition) is 3. The maximum Gasteiger partial charge on any atom is 0.159 e. The van der Waals surface area contributed by atoms with Crippen LogP contribution in [0.1, 0.15) is 18.9 Å². The summed E-state index contributed by atoms with van der Waals surface area (Å²) in [5.41, 5.74) is 3.49. The van der Waals surface area contributed by atoms with Gasteiger partial charge in [-0.1, -0.05) is 6.07 Å². The minimum absolute atomic E-state index is 0.00682. The molecular weight excluding hydrogens is 238 g/mol. The average molecular weight is 256 g/mol. The van der Waals surface area contributed by atoms with Gasteiger partial charge >= 0.3 is 0 Å². The number of rotatable bonds is 4. The molecule has 0 radical (unpaired) electrons. The molecule has 1 aromatic rings. The topological polar surface area (TPSA) is 47.3 Å². The Kier molecular flexibility index (Phi) is 4.27. The van der Waals surface area contributed by atoms with E-state index in [0.29, 0.717) is 12.3 Å². The van der Waals surface area contributed by atoms with Gasteiger partial charge in [0.05, 0.1) is 6.10 Å². The minimum Gasteiger partial charge on any atom is -0.378 e. The van der Waals surface area contributed by atoms with Gasteiger partial charge in [-0.2, -0.15) is 0 Å². The van der Waals surface area contributed by atoms with Gasteiger partial charge in [0.1, 0.15) is 0 Å². The van der Waals surface area contributed by atoms with Crippen LogP contribution in [0.2, 0.25) is 0 Å². The Morgan fingerprint density at radius 3 is 2.78 bits per heavy atom. The van der Waals surface area contributed by atoms with Crippen LogP contribution < -0.4 is 11.3 Å². The Bertz CT molecular complexity index is 414. The van der Waals surface area contributed by atoms with Crippen LogP contribution in [0.4, 0.5) is 8.78 Å². The van der Waals surface area contributed by atoms with E-state index in [0.717, 1.165) is 24.7 Å². The fourth-order valence-electron chi connectivity index (χ4n) is 2.53. The molecule has 3 unspecified atom stereocenters. The zero-order valence-electron chi connectivity index (χ0n) is 10.3. The van der Waals surface area contributed by atoms with E-state index in [1.165, 1.54) is 6.07 Å². The van der Waals surface area contributed by atoms with Crippen molar-refractivity contribution >= 4 is 0 Å².